The summed E-state index contributed by atoms with van der Waals surface area (Å²) in [4.78, 5) is 26.8. The summed E-state index contributed by atoms with van der Waals surface area (Å²) in [6.07, 6.45) is 5.42. The molecule has 1 saturated heterocycles. The van der Waals surface area contributed by atoms with Crippen molar-refractivity contribution in [3.8, 4) is 0 Å². The number of nitrogens with one attached hydrogen (secondary N) is 2. The van der Waals surface area contributed by atoms with Gasteiger partial charge in [0, 0.05) is 36.6 Å². The van der Waals surface area contributed by atoms with Crippen LogP contribution in [0.4, 0.5) is 4.39 Å². The third-order valence-electron chi connectivity index (χ3n) is 6.68. The van der Waals surface area contributed by atoms with Crippen LogP contribution in [0.15, 0.2) is 72.8 Å². The van der Waals surface area contributed by atoms with Gasteiger partial charge in [0.25, 0.3) is 5.91 Å². The van der Waals surface area contributed by atoms with E-state index < -0.39 is 0 Å². The molecule has 0 bridgehead atoms. The second-order valence-electron chi connectivity index (χ2n) is 9.69. The molecule has 1 atom stereocenters. The quantitative estimate of drug-likeness (QED) is 0.465. The van der Waals surface area contributed by atoms with Crippen molar-refractivity contribution in [1.82, 2.24) is 25.1 Å². The average molecular weight is 506 g/mol. The number of piperidine rings is 1. The zero-order valence-corrected chi connectivity index (χ0v) is 21.5. The normalized spacial score (nSPS) is 19.3. The molecule has 0 aliphatic carbocycles. The molecule has 1 amide bonds. The molecule has 5 rings (SSSR count). The molecule has 1 fully saturated rings. The number of likely N-dealkylation sites (tertiary alicyclic amines) is 1. The number of thioether (sulfide) groups is 1. The Hall–Kier alpha value is -3.10. The Balaban J connectivity index is 1.46. The van der Waals surface area contributed by atoms with Crippen LogP contribution in [0, 0.1) is 5.82 Å². The van der Waals surface area contributed by atoms with Crippen LogP contribution in [0.3, 0.4) is 0 Å². The first-order valence-electron chi connectivity index (χ1n) is 12.5. The number of halogens is 1. The monoisotopic (exact) mass is 505 g/mol. The Morgan fingerprint density at radius 2 is 1.86 bits per heavy atom. The van der Waals surface area contributed by atoms with Crippen LogP contribution in [-0.2, 0) is 11.3 Å². The van der Waals surface area contributed by atoms with Gasteiger partial charge in [-0.15, -0.1) is 0 Å². The molecule has 8 heteroatoms. The van der Waals surface area contributed by atoms with E-state index in [9.17, 15) is 9.18 Å². The number of H-pyrrole nitrogens is 1. The Kier molecular flexibility index (Phi) is 7.43. The van der Waals surface area contributed by atoms with Crippen molar-refractivity contribution in [2.45, 2.75) is 50.7 Å². The summed E-state index contributed by atoms with van der Waals surface area (Å²) in [5, 5.41) is 3.00. The standard InChI is InChI=1S/C28H32FN5OS/c1-19(2)32-27(35)25-26(21-8-10-22(29)11-9-21)36-28(24-16-30-18-31-24)34(25)23-12-14-33(15-13-23)17-20-6-4-3-5-7-20/h3-11,16,18-19,23,28H,12-15,17H2,1-2H3,(H,30,31)(H,32,35). The molecule has 0 spiro atoms. The van der Waals surface area contributed by atoms with Gasteiger partial charge in [0.15, 0.2) is 0 Å². The van der Waals surface area contributed by atoms with Crippen molar-refractivity contribution in [3.63, 3.8) is 0 Å². The first-order valence-corrected chi connectivity index (χ1v) is 13.4. The summed E-state index contributed by atoms with van der Waals surface area (Å²) < 4.78 is 13.7. The Morgan fingerprint density at radius 1 is 1.14 bits per heavy atom. The second kappa shape index (κ2) is 10.9. The lowest BCUT2D eigenvalue weighted by Crippen LogP contribution is -2.47. The highest BCUT2D eigenvalue weighted by Gasteiger charge is 2.43. The number of hydrogen-bond acceptors (Lipinski definition) is 5. The van der Waals surface area contributed by atoms with Gasteiger partial charge in [0.1, 0.15) is 16.9 Å². The minimum atomic E-state index is -0.289. The lowest BCUT2D eigenvalue weighted by molar-refractivity contribution is -0.120. The molecule has 0 saturated carbocycles. The molecule has 2 aliphatic rings. The van der Waals surface area contributed by atoms with Gasteiger partial charge in [-0.1, -0.05) is 54.2 Å². The highest BCUT2D eigenvalue weighted by molar-refractivity contribution is 8.08. The van der Waals surface area contributed by atoms with Crippen LogP contribution in [0.1, 0.15) is 48.9 Å². The van der Waals surface area contributed by atoms with E-state index >= 15 is 0 Å². The SMILES string of the molecule is CC(C)NC(=O)C1=C(c2ccc(F)cc2)SC(c2cnc[nH]2)N1C1CCN(Cc2ccccc2)CC1. The number of amides is 1. The van der Waals surface area contributed by atoms with Crippen LogP contribution in [0.5, 0.6) is 0 Å². The lowest BCUT2D eigenvalue weighted by Gasteiger charge is -2.41. The molecule has 2 N–H and O–H groups in total. The largest absolute Gasteiger partial charge is 0.349 e. The number of nitrogens with zero attached hydrogens (tertiary/aromatic N) is 3. The highest BCUT2D eigenvalue weighted by Crippen LogP contribution is 2.53. The predicted molar refractivity (Wildman–Crippen MR) is 142 cm³/mol. The molecule has 3 aromatic rings. The van der Waals surface area contributed by atoms with Crippen molar-refractivity contribution < 1.29 is 9.18 Å². The highest BCUT2D eigenvalue weighted by atomic mass is 32.2. The molecule has 2 aromatic carbocycles. The number of aromatic amines is 1. The fraction of sp³-hybridized carbons (Fsp3) is 0.357. The summed E-state index contributed by atoms with van der Waals surface area (Å²) in [6.45, 7) is 6.79. The number of aromatic nitrogens is 2. The molecule has 188 valence electrons. The van der Waals surface area contributed by atoms with E-state index in [0.29, 0.717) is 5.70 Å². The smallest absolute Gasteiger partial charge is 0.269 e. The molecular weight excluding hydrogens is 473 g/mol. The van der Waals surface area contributed by atoms with Gasteiger partial charge in [-0.05, 0) is 49.9 Å². The van der Waals surface area contributed by atoms with Gasteiger partial charge in [0.2, 0.25) is 0 Å². The van der Waals surface area contributed by atoms with E-state index in [1.807, 2.05) is 26.1 Å². The van der Waals surface area contributed by atoms with Gasteiger partial charge in [-0.2, -0.15) is 0 Å². The molecule has 2 aliphatic heterocycles. The van der Waals surface area contributed by atoms with E-state index in [1.165, 1.54) is 17.7 Å². The average Bonchev–Trinajstić information content (AvgIpc) is 3.54. The summed E-state index contributed by atoms with van der Waals surface area (Å²) in [6, 6.07) is 17.2. The van der Waals surface area contributed by atoms with Crippen molar-refractivity contribution in [2.75, 3.05) is 13.1 Å². The van der Waals surface area contributed by atoms with Gasteiger partial charge in [-0.25, -0.2) is 9.37 Å². The van der Waals surface area contributed by atoms with Crippen LogP contribution >= 0.6 is 11.8 Å². The summed E-state index contributed by atoms with van der Waals surface area (Å²) >= 11 is 1.63. The molecule has 36 heavy (non-hydrogen) atoms. The fourth-order valence-corrected chi connectivity index (χ4v) is 6.45. The van der Waals surface area contributed by atoms with Crippen molar-refractivity contribution in [2.24, 2.45) is 0 Å². The maximum absolute atomic E-state index is 13.7. The van der Waals surface area contributed by atoms with Gasteiger partial charge < -0.3 is 15.2 Å². The summed E-state index contributed by atoms with van der Waals surface area (Å²) in [7, 11) is 0. The maximum atomic E-state index is 13.7. The molecule has 3 heterocycles. The maximum Gasteiger partial charge on any atom is 0.269 e. The van der Waals surface area contributed by atoms with Gasteiger partial charge in [0.05, 0.1) is 18.2 Å². The lowest BCUT2D eigenvalue weighted by atomic mass is 10.00. The minimum Gasteiger partial charge on any atom is -0.349 e. The molecule has 0 radical (unpaired) electrons. The van der Waals surface area contributed by atoms with Crippen molar-refractivity contribution in [3.05, 3.63) is 95.5 Å². The van der Waals surface area contributed by atoms with E-state index in [0.717, 1.165) is 48.6 Å². The van der Waals surface area contributed by atoms with Gasteiger partial charge in [-0.3, -0.25) is 9.69 Å². The van der Waals surface area contributed by atoms with E-state index in [-0.39, 0.29) is 29.2 Å². The Labute approximate surface area is 216 Å². The van der Waals surface area contributed by atoms with E-state index in [1.54, 1.807) is 30.2 Å². The summed E-state index contributed by atoms with van der Waals surface area (Å²) in [5.41, 5.74) is 3.79. The third-order valence-corrected chi connectivity index (χ3v) is 8.05. The second-order valence-corrected chi connectivity index (χ2v) is 10.8. The number of benzene rings is 2. The predicted octanol–water partition coefficient (Wildman–Crippen LogP) is 5.15. The van der Waals surface area contributed by atoms with Crippen LogP contribution in [0.2, 0.25) is 0 Å². The van der Waals surface area contributed by atoms with Crippen LogP contribution < -0.4 is 5.32 Å². The fourth-order valence-electron chi connectivity index (χ4n) is 5.00. The van der Waals surface area contributed by atoms with Crippen LogP contribution in [-0.4, -0.2) is 50.8 Å². The van der Waals surface area contributed by atoms with E-state index in [2.05, 4.69) is 49.4 Å². The zero-order chi connectivity index (χ0) is 25.1. The Bertz CT molecular complexity index is 1190. The number of carbonyl (C=O) groups is 1. The third kappa shape index (κ3) is 5.34. The minimum absolute atomic E-state index is 0.00485. The van der Waals surface area contributed by atoms with Crippen molar-refractivity contribution in [1.29, 1.82) is 0 Å². The first-order chi connectivity index (χ1) is 17.5. The number of rotatable bonds is 7. The van der Waals surface area contributed by atoms with E-state index in [4.69, 9.17) is 0 Å². The van der Waals surface area contributed by atoms with Crippen LogP contribution in [0.25, 0.3) is 4.91 Å². The number of hydrogen-bond donors (Lipinski definition) is 2. The van der Waals surface area contributed by atoms with Gasteiger partial charge >= 0.3 is 0 Å². The topological polar surface area (TPSA) is 64.3 Å². The number of imidazole rings is 1. The Morgan fingerprint density at radius 3 is 2.50 bits per heavy atom. The molecular formula is C28H32FN5OS. The summed E-state index contributed by atoms with van der Waals surface area (Å²) in [5.74, 6) is -0.381. The first kappa shape index (κ1) is 24.6. The number of carbonyl (C=O) groups excluding carboxylic acids is 1. The molecule has 6 nitrogen and oxygen atoms in total. The molecule has 1 unspecified atom stereocenters. The zero-order valence-electron chi connectivity index (χ0n) is 20.7. The molecule has 1 aromatic heterocycles. The van der Waals surface area contributed by atoms with Crippen molar-refractivity contribution >= 4 is 22.6 Å².